The van der Waals surface area contributed by atoms with Crippen molar-refractivity contribution < 1.29 is 29.5 Å². The van der Waals surface area contributed by atoms with Gasteiger partial charge in [0.15, 0.2) is 0 Å². The van der Waals surface area contributed by atoms with Crippen LogP contribution in [0.25, 0.3) is 0 Å². The molecule has 1 aromatic rings. The highest BCUT2D eigenvalue weighted by Gasteiger charge is 2.47. The average Bonchev–Trinajstić information content (AvgIpc) is 2.45. The van der Waals surface area contributed by atoms with Crippen molar-refractivity contribution in [3.8, 4) is 0 Å². The third-order valence-electron chi connectivity index (χ3n) is 3.45. The molecule has 1 heterocycles. The lowest BCUT2D eigenvalue weighted by atomic mass is 9.86. The number of nitrogens with zero attached hydrogens (tertiary/aromatic N) is 3. The van der Waals surface area contributed by atoms with Crippen molar-refractivity contribution in [3.05, 3.63) is 39.9 Å². The van der Waals surface area contributed by atoms with Gasteiger partial charge in [0.25, 0.3) is 5.69 Å². The lowest BCUT2D eigenvalue weighted by molar-refractivity contribution is -0.385. The van der Waals surface area contributed by atoms with Crippen molar-refractivity contribution in [2.45, 2.75) is 13.0 Å². The zero-order valence-electron chi connectivity index (χ0n) is 11.7. The minimum atomic E-state index is -1.74. The van der Waals surface area contributed by atoms with E-state index in [-0.39, 0.29) is 16.2 Å². The Labute approximate surface area is 128 Å². The maximum absolute atomic E-state index is 11.9. The van der Waals surface area contributed by atoms with Gasteiger partial charge in [-0.3, -0.25) is 14.9 Å². The quantitative estimate of drug-likeness (QED) is 0.637. The van der Waals surface area contributed by atoms with Crippen molar-refractivity contribution in [1.82, 2.24) is 4.90 Å². The summed E-state index contributed by atoms with van der Waals surface area (Å²) in [4.78, 5) is 48.8. The Morgan fingerprint density at radius 3 is 2.43 bits per heavy atom. The van der Waals surface area contributed by atoms with Gasteiger partial charge in [-0.1, -0.05) is 18.2 Å². The summed E-state index contributed by atoms with van der Waals surface area (Å²) in [7, 11) is 0. The van der Waals surface area contributed by atoms with E-state index in [1.807, 2.05) is 0 Å². The highest BCUT2D eigenvalue weighted by molar-refractivity contribution is 6.10. The Bertz CT molecular complexity index is 743. The molecule has 0 fully saturated rings. The van der Waals surface area contributed by atoms with E-state index in [2.05, 4.69) is 4.99 Å². The largest absolute Gasteiger partial charge is 0.481 e. The van der Waals surface area contributed by atoms with Crippen molar-refractivity contribution in [2.75, 3.05) is 0 Å². The standard InChI is InChI=1S/C13H11N3O7/c1-6-9(11(17)18)10(15(13(20)21)12(19)14-6)7-4-2-3-5-8(7)16(22)23/h2-5,9-10H,1H3,(H,17,18)(H,20,21). The molecule has 120 valence electrons. The van der Waals surface area contributed by atoms with Crippen LogP contribution in [0.3, 0.4) is 0 Å². The summed E-state index contributed by atoms with van der Waals surface area (Å²) < 4.78 is 0. The van der Waals surface area contributed by atoms with Crippen LogP contribution in [0.5, 0.6) is 0 Å². The summed E-state index contributed by atoms with van der Waals surface area (Å²) in [6.07, 6.45) is -1.74. The van der Waals surface area contributed by atoms with Gasteiger partial charge in [-0.15, -0.1) is 0 Å². The number of benzene rings is 1. The van der Waals surface area contributed by atoms with Crippen LogP contribution >= 0.6 is 0 Å². The Morgan fingerprint density at radius 2 is 1.91 bits per heavy atom. The van der Waals surface area contributed by atoms with Crippen molar-refractivity contribution in [3.63, 3.8) is 0 Å². The molecular formula is C13H11N3O7. The van der Waals surface area contributed by atoms with Gasteiger partial charge in [-0.05, 0) is 6.92 Å². The van der Waals surface area contributed by atoms with E-state index in [1.54, 1.807) is 0 Å². The van der Waals surface area contributed by atoms with Gasteiger partial charge in [0.2, 0.25) is 0 Å². The van der Waals surface area contributed by atoms with E-state index in [0.717, 1.165) is 6.07 Å². The van der Waals surface area contributed by atoms with Crippen LogP contribution in [0.4, 0.5) is 15.3 Å². The third-order valence-corrected chi connectivity index (χ3v) is 3.45. The van der Waals surface area contributed by atoms with Gasteiger partial charge >= 0.3 is 18.1 Å². The van der Waals surface area contributed by atoms with Crippen molar-refractivity contribution in [2.24, 2.45) is 10.9 Å². The van der Waals surface area contributed by atoms with Crippen molar-refractivity contribution >= 4 is 29.5 Å². The van der Waals surface area contributed by atoms with E-state index in [0.29, 0.717) is 0 Å². The summed E-state index contributed by atoms with van der Waals surface area (Å²) in [5, 5.41) is 29.8. The molecule has 0 bridgehead atoms. The molecule has 3 amide bonds. The first kappa shape index (κ1) is 16.1. The minimum absolute atomic E-state index is 0.122. The molecule has 0 saturated heterocycles. The van der Waals surface area contributed by atoms with Crippen LogP contribution in [-0.4, -0.2) is 43.8 Å². The first-order valence-corrected chi connectivity index (χ1v) is 6.33. The fraction of sp³-hybridized carbons (Fsp3) is 0.231. The van der Waals surface area contributed by atoms with Crippen LogP contribution in [0.2, 0.25) is 0 Å². The number of nitro benzene ring substituents is 1. The molecule has 0 radical (unpaired) electrons. The predicted molar refractivity (Wildman–Crippen MR) is 75.3 cm³/mol. The lowest BCUT2D eigenvalue weighted by Gasteiger charge is -2.34. The molecule has 10 nitrogen and oxygen atoms in total. The molecule has 1 aromatic carbocycles. The maximum Gasteiger partial charge on any atom is 0.416 e. The van der Waals surface area contributed by atoms with E-state index in [1.165, 1.54) is 25.1 Å². The van der Waals surface area contributed by atoms with E-state index in [4.69, 9.17) is 0 Å². The molecule has 0 aliphatic carbocycles. The lowest BCUT2D eigenvalue weighted by Crippen LogP contribution is -2.49. The number of amides is 3. The van der Waals surface area contributed by atoms with Gasteiger partial charge in [-0.2, -0.15) is 0 Å². The van der Waals surface area contributed by atoms with Crippen LogP contribution in [0.1, 0.15) is 18.5 Å². The summed E-state index contributed by atoms with van der Waals surface area (Å²) in [6.45, 7) is 1.26. The van der Waals surface area contributed by atoms with Gasteiger partial charge in [-0.25, -0.2) is 19.5 Å². The van der Waals surface area contributed by atoms with Crippen molar-refractivity contribution in [1.29, 1.82) is 0 Å². The number of urea groups is 1. The highest BCUT2D eigenvalue weighted by atomic mass is 16.6. The minimum Gasteiger partial charge on any atom is -0.481 e. The number of para-hydroxylation sites is 1. The number of aliphatic imine (C=N–C) groups is 1. The summed E-state index contributed by atoms with van der Waals surface area (Å²) in [5.41, 5.74) is -0.782. The fourth-order valence-electron chi connectivity index (χ4n) is 2.51. The number of rotatable bonds is 3. The fourth-order valence-corrected chi connectivity index (χ4v) is 2.51. The third kappa shape index (κ3) is 2.73. The molecule has 0 saturated carbocycles. The molecule has 2 atom stereocenters. The normalized spacial score (nSPS) is 20.8. The molecule has 2 N–H and O–H groups in total. The number of imide groups is 1. The van der Waals surface area contributed by atoms with Crippen LogP contribution in [0, 0.1) is 16.0 Å². The average molecular weight is 321 g/mol. The summed E-state index contributed by atoms with van der Waals surface area (Å²) in [6, 6.07) is 2.33. The summed E-state index contributed by atoms with van der Waals surface area (Å²) >= 11 is 0. The zero-order valence-corrected chi connectivity index (χ0v) is 11.7. The predicted octanol–water partition coefficient (Wildman–Crippen LogP) is 1.91. The van der Waals surface area contributed by atoms with Gasteiger partial charge in [0.05, 0.1) is 16.5 Å². The molecule has 2 rings (SSSR count). The topological polar surface area (TPSA) is 150 Å². The molecule has 23 heavy (non-hydrogen) atoms. The van der Waals surface area contributed by atoms with E-state index >= 15 is 0 Å². The van der Waals surface area contributed by atoms with Gasteiger partial charge in [0, 0.05) is 11.8 Å². The van der Waals surface area contributed by atoms with Gasteiger partial charge in [0.1, 0.15) is 5.92 Å². The number of nitro groups is 1. The number of carbonyl (C=O) groups excluding carboxylic acids is 1. The molecule has 0 spiro atoms. The smallest absolute Gasteiger partial charge is 0.416 e. The van der Waals surface area contributed by atoms with Gasteiger partial charge < -0.3 is 10.2 Å². The van der Waals surface area contributed by atoms with Crippen LogP contribution in [-0.2, 0) is 4.79 Å². The second kappa shape index (κ2) is 5.83. The van der Waals surface area contributed by atoms with E-state index in [9.17, 15) is 34.7 Å². The molecule has 0 aromatic heterocycles. The van der Waals surface area contributed by atoms with Crippen LogP contribution in [0.15, 0.2) is 29.3 Å². The summed E-state index contributed by atoms with van der Waals surface area (Å²) in [5.74, 6) is -2.95. The highest BCUT2D eigenvalue weighted by Crippen LogP contribution is 2.38. The molecular weight excluding hydrogens is 310 g/mol. The first-order valence-electron chi connectivity index (χ1n) is 6.33. The Kier molecular flexibility index (Phi) is 4.08. The maximum atomic E-state index is 11.9. The molecule has 1 aliphatic rings. The molecule has 1 aliphatic heterocycles. The number of carbonyl (C=O) groups is 3. The Hall–Kier alpha value is -3.30. The first-order chi connectivity index (χ1) is 10.8. The number of carboxylic acid groups (broad SMARTS) is 2. The number of aliphatic carboxylic acids is 1. The zero-order chi connectivity index (χ0) is 17.3. The number of hydrogen-bond acceptors (Lipinski definition) is 5. The SMILES string of the molecule is CC1=NC(=O)N(C(=O)O)C(c2ccccc2[N+](=O)[O-])C1C(=O)O. The van der Waals surface area contributed by atoms with E-state index < -0.39 is 40.7 Å². The monoisotopic (exact) mass is 321 g/mol. The Morgan fingerprint density at radius 1 is 1.30 bits per heavy atom. The second-order valence-corrected chi connectivity index (χ2v) is 4.77. The number of carboxylic acids is 1. The number of hydrogen-bond donors (Lipinski definition) is 2. The second-order valence-electron chi connectivity index (χ2n) is 4.77. The Balaban J connectivity index is 2.74. The molecule has 2 unspecified atom stereocenters. The molecule has 10 heteroatoms. The van der Waals surface area contributed by atoms with Crippen LogP contribution < -0.4 is 0 Å².